The lowest BCUT2D eigenvalue weighted by atomic mass is 10.1. The quantitative estimate of drug-likeness (QED) is 0.256. The Kier molecular flexibility index (Phi) is 7.32. The van der Waals surface area contributed by atoms with Crippen LogP contribution in [0.4, 0.5) is 0 Å². The average molecular weight is 263 g/mol. The first-order valence-corrected chi connectivity index (χ1v) is 6.70. The van der Waals surface area contributed by atoms with Gasteiger partial charge < -0.3 is 9.94 Å². The number of carbonyl (C=O) groups excluding carboxylic acids is 1. The SMILES string of the molecule is CCCCCCC(=NO)C(=O)OCc1ccccc1. The van der Waals surface area contributed by atoms with Gasteiger partial charge in [0.05, 0.1) is 0 Å². The van der Waals surface area contributed by atoms with E-state index in [0.29, 0.717) is 6.42 Å². The molecule has 0 aromatic heterocycles. The zero-order valence-corrected chi connectivity index (χ0v) is 11.3. The predicted octanol–water partition coefficient (Wildman–Crippen LogP) is 3.53. The Hall–Kier alpha value is -1.84. The molecule has 0 bridgehead atoms. The number of oxime groups is 1. The van der Waals surface area contributed by atoms with Crippen molar-refractivity contribution in [2.75, 3.05) is 0 Å². The number of carbonyl (C=O) groups is 1. The van der Waals surface area contributed by atoms with Crippen LogP contribution in [0.5, 0.6) is 0 Å². The van der Waals surface area contributed by atoms with Crippen molar-refractivity contribution in [3.8, 4) is 0 Å². The van der Waals surface area contributed by atoms with Gasteiger partial charge in [-0.05, 0) is 12.0 Å². The van der Waals surface area contributed by atoms with E-state index < -0.39 is 5.97 Å². The second-order valence-corrected chi connectivity index (χ2v) is 4.42. The van der Waals surface area contributed by atoms with Crippen LogP contribution in [0.1, 0.15) is 44.6 Å². The van der Waals surface area contributed by atoms with Gasteiger partial charge in [-0.2, -0.15) is 0 Å². The molecule has 0 aliphatic heterocycles. The summed E-state index contributed by atoms with van der Waals surface area (Å²) in [6.07, 6.45) is 4.58. The molecule has 0 aliphatic rings. The van der Waals surface area contributed by atoms with Gasteiger partial charge in [-0.1, -0.05) is 61.7 Å². The van der Waals surface area contributed by atoms with E-state index in [1.54, 1.807) is 0 Å². The van der Waals surface area contributed by atoms with Gasteiger partial charge in [0, 0.05) is 6.42 Å². The highest BCUT2D eigenvalue weighted by atomic mass is 16.5. The average Bonchev–Trinajstić information content (AvgIpc) is 2.46. The zero-order chi connectivity index (χ0) is 13.9. The number of ether oxygens (including phenoxy) is 1. The summed E-state index contributed by atoms with van der Waals surface area (Å²) in [5.74, 6) is -0.539. The number of hydrogen-bond acceptors (Lipinski definition) is 4. The lowest BCUT2D eigenvalue weighted by Crippen LogP contribution is -2.17. The molecule has 1 aromatic rings. The summed E-state index contributed by atoms with van der Waals surface area (Å²) in [7, 11) is 0. The fourth-order valence-corrected chi connectivity index (χ4v) is 1.72. The second kappa shape index (κ2) is 9.14. The number of hydrogen-bond donors (Lipinski definition) is 1. The van der Waals surface area contributed by atoms with Gasteiger partial charge in [0.2, 0.25) is 0 Å². The first-order chi connectivity index (χ1) is 9.27. The zero-order valence-electron chi connectivity index (χ0n) is 11.3. The van der Waals surface area contributed by atoms with E-state index >= 15 is 0 Å². The molecule has 0 spiro atoms. The topological polar surface area (TPSA) is 58.9 Å². The van der Waals surface area contributed by atoms with E-state index in [2.05, 4.69) is 12.1 Å². The lowest BCUT2D eigenvalue weighted by Gasteiger charge is -2.06. The molecule has 104 valence electrons. The summed E-state index contributed by atoms with van der Waals surface area (Å²) >= 11 is 0. The fourth-order valence-electron chi connectivity index (χ4n) is 1.72. The molecule has 0 fully saturated rings. The maximum atomic E-state index is 11.7. The molecule has 19 heavy (non-hydrogen) atoms. The molecule has 1 rings (SSSR count). The predicted molar refractivity (Wildman–Crippen MR) is 74.2 cm³/mol. The number of unbranched alkanes of at least 4 members (excludes halogenated alkanes) is 3. The van der Waals surface area contributed by atoms with Crippen molar-refractivity contribution in [2.24, 2.45) is 5.16 Å². The largest absolute Gasteiger partial charge is 0.456 e. The molecule has 0 unspecified atom stereocenters. The van der Waals surface area contributed by atoms with Crippen LogP contribution in [0.25, 0.3) is 0 Å². The molecule has 1 N–H and O–H groups in total. The molecule has 4 nitrogen and oxygen atoms in total. The van der Waals surface area contributed by atoms with Crippen molar-refractivity contribution in [3.63, 3.8) is 0 Å². The molecule has 0 aliphatic carbocycles. The Morgan fingerprint density at radius 3 is 2.58 bits per heavy atom. The van der Waals surface area contributed by atoms with Crippen molar-refractivity contribution in [2.45, 2.75) is 45.6 Å². The number of esters is 1. The summed E-state index contributed by atoms with van der Waals surface area (Å²) < 4.78 is 5.11. The third kappa shape index (κ3) is 6.04. The molecule has 1 aromatic carbocycles. The van der Waals surface area contributed by atoms with Crippen LogP contribution in [0.2, 0.25) is 0 Å². The van der Waals surface area contributed by atoms with E-state index in [1.807, 2.05) is 30.3 Å². The Morgan fingerprint density at radius 1 is 1.21 bits per heavy atom. The minimum Gasteiger partial charge on any atom is -0.456 e. The van der Waals surface area contributed by atoms with Crippen LogP contribution in [0.15, 0.2) is 35.5 Å². The van der Waals surface area contributed by atoms with E-state index in [9.17, 15) is 4.79 Å². The molecule has 4 heteroatoms. The highest BCUT2D eigenvalue weighted by molar-refractivity contribution is 6.36. The molecule has 0 heterocycles. The minimum atomic E-state index is -0.539. The highest BCUT2D eigenvalue weighted by Crippen LogP contribution is 2.06. The molecule has 0 radical (unpaired) electrons. The van der Waals surface area contributed by atoms with Crippen LogP contribution < -0.4 is 0 Å². The smallest absolute Gasteiger partial charge is 0.356 e. The second-order valence-electron chi connectivity index (χ2n) is 4.42. The summed E-state index contributed by atoms with van der Waals surface area (Å²) in [4.78, 5) is 11.7. The monoisotopic (exact) mass is 263 g/mol. The fraction of sp³-hybridized carbons (Fsp3) is 0.467. The van der Waals surface area contributed by atoms with E-state index in [-0.39, 0.29) is 12.3 Å². The van der Waals surface area contributed by atoms with Crippen molar-refractivity contribution >= 4 is 11.7 Å². The van der Waals surface area contributed by atoms with Crippen LogP contribution in [0.3, 0.4) is 0 Å². The van der Waals surface area contributed by atoms with Crippen molar-refractivity contribution in [1.29, 1.82) is 0 Å². The first-order valence-electron chi connectivity index (χ1n) is 6.70. The molecule has 0 saturated heterocycles. The van der Waals surface area contributed by atoms with Crippen LogP contribution in [-0.2, 0) is 16.1 Å². The lowest BCUT2D eigenvalue weighted by molar-refractivity contribution is -0.137. The summed E-state index contributed by atoms with van der Waals surface area (Å²) in [5, 5.41) is 11.9. The summed E-state index contributed by atoms with van der Waals surface area (Å²) in [5.41, 5.74) is 1.02. The Balaban J connectivity index is 2.34. The minimum absolute atomic E-state index is 0.104. The van der Waals surface area contributed by atoms with E-state index in [4.69, 9.17) is 9.94 Å². The maximum absolute atomic E-state index is 11.7. The van der Waals surface area contributed by atoms with Crippen LogP contribution in [-0.4, -0.2) is 16.9 Å². The van der Waals surface area contributed by atoms with E-state index in [0.717, 1.165) is 31.2 Å². The van der Waals surface area contributed by atoms with Gasteiger partial charge in [0.25, 0.3) is 0 Å². The molecule has 0 atom stereocenters. The number of benzene rings is 1. The normalized spacial score (nSPS) is 11.3. The maximum Gasteiger partial charge on any atom is 0.356 e. The molecule has 0 saturated carbocycles. The Bertz CT molecular complexity index is 401. The molecular weight excluding hydrogens is 242 g/mol. The van der Waals surface area contributed by atoms with Crippen LogP contribution >= 0.6 is 0 Å². The Labute approximate surface area is 114 Å². The van der Waals surface area contributed by atoms with Gasteiger partial charge >= 0.3 is 5.97 Å². The van der Waals surface area contributed by atoms with Crippen molar-refractivity contribution in [3.05, 3.63) is 35.9 Å². The number of nitrogens with zero attached hydrogens (tertiary/aromatic N) is 1. The van der Waals surface area contributed by atoms with Gasteiger partial charge in [0.1, 0.15) is 6.61 Å². The van der Waals surface area contributed by atoms with E-state index in [1.165, 1.54) is 0 Å². The van der Waals surface area contributed by atoms with Gasteiger partial charge in [-0.3, -0.25) is 0 Å². The Morgan fingerprint density at radius 2 is 1.95 bits per heavy atom. The highest BCUT2D eigenvalue weighted by Gasteiger charge is 2.13. The van der Waals surface area contributed by atoms with Gasteiger partial charge in [0.15, 0.2) is 5.71 Å². The van der Waals surface area contributed by atoms with Crippen molar-refractivity contribution < 1.29 is 14.7 Å². The molecule has 0 amide bonds. The third-order valence-electron chi connectivity index (χ3n) is 2.84. The first kappa shape index (κ1) is 15.2. The summed E-state index contributed by atoms with van der Waals surface area (Å²) in [6, 6.07) is 9.43. The van der Waals surface area contributed by atoms with Crippen molar-refractivity contribution in [1.82, 2.24) is 0 Å². The van der Waals surface area contributed by atoms with Gasteiger partial charge in [-0.15, -0.1) is 0 Å². The van der Waals surface area contributed by atoms with Crippen LogP contribution in [0, 0.1) is 0 Å². The molecular formula is C15H21NO3. The van der Waals surface area contributed by atoms with Gasteiger partial charge in [-0.25, -0.2) is 4.79 Å². The number of rotatable bonds is 8. The standard InChI is InChI=1S/C15H21NO3/c1-2-3-4-8-11-14(16-18)15(17)19-12-13-9-6-5-7-10-13/h5-7,9-10,18H,2-4,8,11-12H2,1H3. The summed E-state index contributed by atoms with van der Waals surface area (Å²) in [6.45, 7) is 2.32. The third-order valence-corrected chi connectivity index (χ3v) is 2.84.